The number of nitrogens with zero attached hydrogens (tertiary/aromatic N) is 3. The third-order valence-corrected chi connectivity index (χ3v) is 5.44. The first-order valence-corrected chi connectivity index (χ1v) is 9.75. The average molecular weight is 374 g/mol. The molecule has 0 aliphatic rings. The molecule has 25 heavy (non-hydrogen) atoms. The molecule has 0 unspecified atom stereocenters. The SMILES string of the molecule is Cc1ccc(-c2nnc(SCC(=O)N(C)Cc3ccsc3)o2)cc1C. The van der Waals surface area contributed by atoms with E-state index in [9.17, 15) is 4.79 Å². The lowest BCUT2D eigenvalue weighted by atomic mass is 10.1. The summed E-state index contributed by atoms with van der Waals surface area (Å²) in [5.74, 6) is 0.779. The smallest absolute Gasteiger partial charge is 0.277 e. The zero-order valence-corrected chi connectivity index (χ0v) is 16.0. The lowest BCUT2D eigenvalue weighted by Gasteiger charge is -2.15. The van der Waals surface area contributed by atoms with Gasteiger partial charge >= 0.3 is 0 Å². The fourth-order valence-corrected chi connectivity index (χ4v) is 3.60. The first kappa shape index (κ1) is 17.7. The van der Waals surface area contributed by atoms with Crippen LogP contribution in [0.25, 0.3) is 11.5 Å². The molecule has 3 aromatic rings. The monoisotopic (exact) mass is 373 g/mol. The van der Waals surface area contributed by atoms with Crippen LogP contribution in [0.4, 0.5) is 0 Å². The Kier molecular flexibility index (Phi) is 5.55. The maximum atomic E-state index is 12.2. The lowest BCUT2D eigenvalue weighted by molar-refractivity contribution is -0.127. The van der Waals surface area contributed by atoms with E-state index >= 15 is 0 Å². The Morgan fingerprint density at radius 2 is 2.08 bits per heavy atom. The van der Waals surface area contributed by atoms with Gasteiger partial charge in [-0.05, 0) is 59.5 Å². The van der Waals surface area contributed by atoms with Gasteiger partial charge in [-0.25, -0.2) is 0 Å². The standard InChI is InChI=1S/C18H19N3O2S2/c1-12-4-5-15(8-13(12)2)17-19-20-18(23-17)25-11-16(22)21(3)9-14-6-7-24-10-14/h4-8,10H,9,11H2,1-3H3. The molecule has 1 aromatic carbocycles. The summed E-state index contributed by atoms with van der Waals surface area (Å²) < 4.78 is 5.67. The van der Waals surface area contributed by atoms with Gasteiger partial charge in [-0.3, -0.25) is 4.79 Å². The Bertz CT molecular complexity index is 859. The molecule has 0 N–H and O–H groups in total. The average Bonchev–Trinajstić information content (AvgIpc) is 3.27. The maximum Gasteiger partial charge on any atom is 0.277 e. The largest absolute Gasteiger partial charge is 0.411 e. The topological polar surface area (TPSA) is 59.2 Å². The van der Waals surface area contributed by atoms with Crippen molar-refractivity contribution < 1.29 is 9.21 Å². The number of hydrogen-bond acceptors (Lipinski definition) is 6. The van der Waals surface area contributed by atoms with Crippen LogP contribution in [0.15, 0.2) is 44.7 Å². The minimum atomic E-state index is 0.0298. The van der Waals surface area contributed by atoms with Crippen LogP contribution in [-0.2, 0) is 11.3 Å². The van der Waals surface area contributed by atoms with E-state index in [1.807, 2.05) is 41.9 Å². The highest BCUT2D eigenvalue weighted by Gasteiger charge is 2.14. The van der Waals surface area contributed by atoms with Gasteiger partial charge in [0.15, 0.2) is 0 Å². The van der Waals surface area contributed by atoms with Crippen LogP contribution in [0, 0.1) is 13.8 Å². The van der Waals surface area contributed by atoms with Crippen molar-refractivity contribution in [3.63, 3.8) is 0 Å². The molecular weight excluding hydrogens is 354 g/mol. The molecule has 7 heteroatoms. The van der Waals surface area contributed by atoms with E-state index < -0.39 is 0 Å². The van der Waals surface area contributed by atoms with E-state index in [4.69, 9.17) is 4.42 Å². The second-order valence-electron chi connectivity index (χ2n) is 5.84. The van der Waals surface area contributed by atoms with E-state index in [0.29, 0.717) is 17.7 Å². The number of thiophene rings is 1. The van der Waals surface area contributed by atoms with Crippen LogP contribution in [0.1, 0.15) is 16.7 Å². The number of hydrogen-bond donors (Lipinski definition) is 0. The molecule has 5 nitrogen and oxygen atoms in total. The Balaban J connectivity index is 1.57. The third kappa shape index (κ3) is 4.49. The van der Waals surface area contributed by atoms with Gasteiger partial charge in [0.05, 0.1) is 5.75 Å². The fraction of sp³-hybridized carbons (Fsp3) is 0.278. The second-order valence-corrected chi connectivity index (χ2v) is 7.55. The minimum Gasteiger partial charge on any atom is -0.411 e. The molecule has 0 aliphatic carbocycles. The summed E-state index contributed by atoms with van der Waals surface area (Å²) in [4.78, 5) is 13.9. The van der Waals surface area contributed by atoms with Gasteiger partial charge in [0, 0.05) is 19.2 Å². The van der Waals surface area contributed by atoms with Crippen LogP contribution < -0.4 is 0 Å². The van der Waals surface area contributed by atoms with Crippen LogP contribution >= 0.6 is 23.1 Å². The van der Waals surface area contributed by atoms with Crippen LogP contribution in [-0.4, -0.2) is 33.8 Å². The van der Waals surface area contributed by atoms with Crippen molar-refractivity contribution in [1.29, 1.82) is 0 Å². The first-order valence-electron chi connectivity index (χ1n) is 7.82. The lowest BCUT2D eigenvalue weighted by Crippen LogP contribution is -2.27. The molecule has 2 aromatic heterocycles. The quantitative estimate of drug-likeness (QED) is 0.607. The van der Waals surface area contributed by atoms with Crippen LogP contribution in [0.5, 0.6) is 0 Å². The van der Waals surface area contributed by atoms with Gasteiger partial charge < -0.3 is 9.32 Å². The van der Waals surface area contributed by atoms with Gasteiger partial charge in [0.25, 0.3) is 5.22 Å². The van der Waals surface area contributed by atoms with Gasteiger partial charge in [-0.15, -0.1) is 10.2 Å². The van der Waals surface area contributed by atoms with Crippen molar-refractivity contribution >= 4 is 29.0 Å². The van der Waals surface area contributed by atoms with E-state index in [1.165, 1.54) is 22.9 Å². The molecule has 0 fully saturated rings. The zero-order chi connectivity index (χ0) is 17.8. The molecular formula is C18H19N3O2S2. The van der Waals surface area contributed by atoms with Crippen LogP contribution in [0.2, 0.25) is 0 Å². The van der Waals surface area contributed by atoms with Crippen LogP contribution in [0.3, 0.4) is 0 Å². The normalized spacial score (nSPS) is 10.8. The summed E-state index contributed by atoms with van der Waals surface area (Å²) in [6, 6.07) is 8.04. The number of carbonyl (C=O) groups excluding carboxylic acids is 1. The number of benzene rings is 1. The molecule has 1 amide bonds. The predicted molar refractivity (Wildman–Crippen MR) is 101 cm³/mol. The van der Waals surface area contributed by atoms with Gasteiger partial charge in [-0.1, -0.05) is 17.8 Å². The summed E-state index contributed by atoms with van der Waals surface area (Å²) in [6.07, 6.45) is 0. The molecule has 2 heterocycles. The fourth-order valence-electron chi connectivity index (χ4n) is 2.24. The summed E-state index contributed by atoms with van der Waals surface area (Å²) in [7, 11) is 1.80. The highest BCUT2D eigenvalue weighted by atomic mass is 32.2. The molecule has 0 saturated heterocycles. The number of carbonyl (C=O) groups is 1. The Morgan fingerprint density at radius 3 is 2.80 bits per heavy atom. The number of aryl methyl sites for hydroxylation is 2. The minimum absolute atomic E-state index is 0.0298. The number of aromatic nitrogens is 2. The van der Waals surface area contributed by atoms with Crippen molar-refractivity contribution in [1.82, 2.24) is 15.1 Å². The predicted octanol–water partition coefficient (Wildman–Crippen LogP) is 4.17. The molecule has 0 radical (unpaired) electrons. The van der Waals surface area contributed by atoms with Crippen molar-refractivity contribution in [3.05, 3.63) is 51.7 Å². The second kappa shape index (κ2) is 7.84. The van der Waals surface area contributed by atoms with Crippen molar-refractivity contribution in [2.24, 2.45) is 0 Å². The summed E-state index contributed by atoms with van der Waals surface area (Å²) in [5.41, 5.74) is 4.43. The van der Waals surface area contributed by atoms with Crippen molar-refractivity contribution in [2.75, 3.05) is 12.8 Å². The molecule has 0 spiro atoms. The number of thioether (sulfide) groups is 1. The van der Waals surface area contributed by atoms with Crippen molar-refractivity contribution in [2.45, 2.75) is 25.6 Å². The van der Waals surface area contributed by atoms with Gasteiger partial charge in [-0.2, -0.15) is 11.3 Å². The summed E-state index contributed by atoms with van der Waals surface area (Å²) >= 11 is 2.89. The van der Waals surface area contributed by atoms with E-state index in [1.54, 1.807) is 23.3 Å². The first-order chi connectivity index (χ1) is 12.0. The molecule has 0 aliphatic heterocycles. The van der Waals surface area contributed by atoms with E-state index in [0.717, 1.165) is 11.1 Å². The number of rotatable bonds is 6. The highest BCUT2D eigenvalue weighted by molar-refractivity contribution is 7.99. The Hall–Kier alpha value is -2.12. The summed E-state index contributed by atoms with van der Waals surface area (Å²) in [6.45, 7) is 4.72. The van der Waals surface area contributed by atoms with E-state index in [2.05, 4.69) is 17.1 Å². The van der Waals surface area contributed by atoms with Gasteiger partial charge in [0.1, 0.15) is 0 Å². The third-order valence-electron chi connectivity index (χ3n) is 3.91. The Morgan fingerprint density at radius 1 is 1.24 bits per heavy atom. The molecule has 3 rings (SSSR count). The van der Waals surface area contributed by atoms with Crippen molar-refractivity contribution in [3.8, 4) is 11.5 Å². The molecule has 130 valence electrons. The molecule has 0 saturated carbocycles. The zero-order valence-electron chi connectivity index (χ0n) is 14.4. The van der Waals surface area contributed by atoms with Gasteiger partial charge in [0.2, 0.25) is 11.8 Å². The number of amides is 1. The highest BCUT2D eigenvalue weighted by Crippen LogP contribution is 2.25. The van der Waals surface area contributed by atoms with E-state index in [-0.39, 0.29) is 11.7 Å². The summed E-state index contributed by atoms with van der Waals surface area (Å²) in [5, 5.41) is 12.6. The Labute approximate surface area is 155 Å². The molecule has 0 bridgehead atoms. The molecule has 0 atom stereocenters. The maximum absolute atomic E-state index is 12.2.